The number of carbonyl (C=O) groups excluding carboxylic acids is 1. The van der Waals surface area contributed by atoms with Crippen LogP contribution in [0.25, 0.3) is 10.9 Å². The van der Waals surface area contributed by atoms with Crippen molar-refractivity contribution in [2.75, 3.05) is 0 Å². The van der Waals surface area contributed by atoms with Crippen molar-refractivity contribution in [2.45, 2.75) is 19.9 Å². The van der Waals surface area contributed by atoms with Gasteiger partial charge >= 0.3 is 0 Å². The van der Waals surface area contributed by atoms with E-state index < -0.39 is 0 Å². The zero-order valence-electron chi connectivity index (χ0n) is 8.53. The number of benzene rings is 1. The minimum atomic E-state index is -0.306. The highest BCUT2D eigenvalue weighted by molar-refractivity contribution is 5.97. The summed E-state index contributed by atoms with van der Waals surface area (Å²) in [6.45, 7) is 2.91. The lowest BCUT2D eigenvalue weighted by Crippen LogP contribution is -1.93. The molecule has 0 aliphatic rings. The first-order chi connectivity index (χ1) is 7.26. The van der Waals surface area contributed by atoms with Crippen molar-refractivity contribution >= 4 is 17.2 Å². The molecule has 0 amide bonds. The number of hydrogen-bond donors (Lipinski definition) is 0. The van der Waals surface area contributed by atoms with Crippen LogP contribution in [0, 0.1) is 5.82 Å². The van der Waals surface area contributed by atoms with E-state index in [1.807, 2.05) is 4.57 Å². The van der Waals surface area contributed by atoms with Crippen LogP contribution in [0.4, 0.5) is 4.39 Å². The summed E-state index contributed by atoms with van der Waals surface area (Å²) in [5.41, 5.74) is 1.47. The van der Waals surface area contributed by atoms with Gasteiger partial charge in [-0.05, 0) is 24.6 Å². The van der Waals surface area contributed by atoms with Crippen molar-refractivity contribution < 1.29 is 9.18 Å². The van der Waals surface area contributed by atoms with Crippen molar-refractivity contribution in [2.24, 2.45) is 0 Å². The molecule has 3 heteroatoms. The second kappa shape index (κ2) is 3.85. The van der Waals surface area contributed by atoms with Crippen LogP contribution in [0.2, 0.25) is 0 Å². The SMILES string of the molecule is CCCn1cc(C=O)c2cc(F)ccc21. The minimum absolute atomic E-state index is 0.306. The zero-order valence-corrected chi connectivity index (χ0v) is 8.53. The lowest BCUT2D eigenvalue weighted by atomic mass is 10.2. The van der Waals surface area contributed by atoms with Crippen LogP contribution in [0.15, 0.2) is 24.4 Å². The summed E-state index contributed by atoms with van der Waals surface area (Å²) in [5.74, 6) is -0.306. The van der Waals surface area contributed by atoms with E-state index in [0.29, 0.717) is 10.9 Å². The largest absolute Gasteiger partial charge is 0.347 e. The highest BCUT2D eigenvalue weighted by Gasteiger charge is 2.07. The summed E-state index contributed by atoms with van der Waals surface area (Å²) in [7, 11) is 0. The topological polar surface area (TPSA) is 22.0 Å². The van der Waals surface area contributed by atoms with E-state index in [2.05, 4.69) is 6.92 Å². The first-order valence-electron chi connectivity index (χ1n) is 5.00. The molecule has 0 unspecified atom stereocenters. The Morgan fingerprint density at radius 1 is 1.47 bits per heavy atom. The van der Waals surface area contributed by atoms with E-state index >= 15 is 0 Å². The van der Waals surface area contributed by atoms with Gasteiger partial charge in [0.25, 0.3) is 0 Å². The quantitative estimate of drug-likeness (QED) is 0.706. The summed E-state index contributed by atoms with van der Waals surface area (Å²) in [4.78, 5) is 10.8. The Labute approximate surface area is 87.3 Å². The molecule has 1 heterocycles. The molecular weight excluding hydrogens is 193 g/mol. The number of nitrogens with zero attached hydrogens (tertiary/aromatic N) is 1. The average Bonchev–Trinajstić information content (AvgIpc) is 2.56. The fraction of sp³-hybridized carbons (Fsp3) is 0.250. The Balaban J connectivity index is 2.69. The molecule has 0 fully saturated rings. The van der Waals surface area contributed by atoms with E-state index in [9.17, 15) is 9.18 Å². The van der Waals surface area contributed by atoms with Crippen LogP contribution in [0.3, 0.4) is 0 Å². The molecule has 0 saturated heterocycles. The Morgan fingerprint density at radius 3 is 2.93 bits per heavy atom. The Kier molecular flexibility index (Phi) is 2.54. The van der Waals surface area contributed by atoms with Gasteiger partial charge in [0, 0.05) is 29.2 Å². The van der Waals surface area contributed by atoms with Crippen LogP contribution >= 0.6 is 0 Å². The van der Waals surface area contributed by atoms with Crippen LogP contribution < -0.4 is 0 Å². The van der Waals surface area contributed by atoms with E-state index in [4.69, 9.17) is 0 Å². The molecule has 0 aliphatic carbocycles. The summed E-state index contributed by atoms with van der Waals surface area (Å²) in [6.07, 6.45) is 3.54. The molecule has 0 spiro atoms. The molecule has 0 bridgehead atoms. The summed E-state index contributed by atoms with van der Waals surface area (Å²) < 4.78 is 15.0. The van der Waals surface area contributed by atoms with Crippen LogP contribution in [-0.4, -0.2) is 10.9 Å². The van der Waals surface area contributed by atoms with E-state index in [1.165, 1.54) is 12.1 Å². The van der Waals surface area contributed by atoms with Gasteiger partial charge in [-0.15, -0.1) is 0 Å². The number of halogens is 1. The minimum Gasteiger partial charge on any atom is -0.347 e. The third-order valence-electron chi connectivity index (χ3n) is 2.47. The number of hydrogen-bond acceptors (Lipinski definition) is 1. The molecule has 0 saturated carbocycles. The number of aromatic nitrogens is 1. The maximum Gasteiger partial charge on any atom is 0.152 e. The van der Waals surface area contributed by atoms with Crippen molar-refractivity contribution in [3.63, 3.8) is 0 Å². The van der Waals surface area contributed by atoms with Gasteiger partial charge in [-0.25, -0.2) is 4.39 Å². The lowest BCUT2D eigenvalue weighted by molar-refractivity contribution is 0.112. The number of rotatable bonds is 3. The molecule has 15 heavy (non-hydrogen) atoms. The second-order valence-corrected chi connectivity index (χ2v) is 3.56. The van der Waals surface area contributed by atoms with Crippen LogP contribution in [-0.2, 0) is 6.54 Å². The van der Waals surface area contributed by atoms with Crippen molar-refractivity contribution in [1.82, 2.24) is 4.57 Å². The molecule has 1 aromatic heterocycles. The van der Waals surface area contributed by atoms with Crippen molar-refractivity contribution in [1.29, 1.82) is 0 Å². The van der Waals surface area contributed by atoms with Gasteiger partial charge in [-0.3, -0.25) is 4.79 Å². The summed E-state index contributed by atoms with van der Waals surface area (Å²) in [5, 5.41) is 0.693. The molecule has 0 aliphatic heterocycles. The monoisotopic (exact) mass is 205 g/mol. The van der Waals surface area contributed by atoms with E-state index in [0.717, 1.165) is 24.8 Å². The molecule has 2 nitrogen and oxygen atoms in total. The van der Waals surface area contributed by atoms with Gasteiger partial charge < -0.3 is 4.57 Å². The molecular formula is C12H12FNO. The maximum absolute atomic E-state index is 13.0. The molecule has 0 radical (unpaired) electrons. The predicted molar refractivity (Wildman–Crippen MR) is 57.6 cm³/mol. The van der Waals surface area contributed by atoms with E-state index in [-0.39, 0.29) is 5.82 Å². The maximum atomic E-state index is 13.0. The number of fused-ring (bicyclic) bond motifs is 1. The first kappa shape index (κ1) is 9.90. The highest BCUT2D eigenvalue weighted by Crippen LogP contribution is 2.21. The standard InChI is InChI=1S/C12H12FNO/c1-2-5-14-7-9(8-15)11-6-10(13)3-4-12(11)14/h3-4,6-8H,2,5H2,1H3. The van der Waals surface area contributed by atoms with Crippen LogP contribution in [0.1, 0.15) is 23.7 Å². The fourth-order valence-corrected chi connectivity index (χ4v) is 1.82. The molecule has 1 aromatic carbocycles. The Morgan fingerprint density at radius 2 is 2.27 bits per heavy atom. The lowest BCUT2D eigenvalue weighted by Gasteiger charge is -2.01. The van der Waals surface area contributed by atoms with Gasteiger partial charge in [0.2, 0.25) is 0 Å². The Bertz CT molecular complexity index is 502. The molecule has 2 aromatic rings. The van der Waals surface area contributed by atoms with Crippen molar-refractivity contribution in [3.05, 3.63) is 35.8 Å². The van der Waals surface area contributed by atoms with Gasteiger partial charge in [0.05, 0.1) is 0 Å². The number of aldehydes is 1. The average molecular weight is 205 g/mol. The smallest absolute Gasteiger partial charge is 0.152 e. The zero-order chi connectivity index (χ0) is 10.8. The third-order valence-corrected chi connectivity index (χ3v) is 2.47. The second-order valence-electron chi connectivity index (χ2n) is 3.56. The van der Waals surface area contributed by atoms with Gasteiger partial charge in [-0.2, -0.15) is 0 Å². The van der Waals surface area contributed by atoms with Gasteiger partial charge in [0.1, 0.15) is 5.82 Å². The van der Waals surface area contributed by atoms with Gasteiger partial charge in [0.15, 0.2) is 6.29 Å². The van der Waals surface area contributed by atoms with E-state index in [1.54, 1.807) is 12.3 Å². The normalized spacial score (nSPS) is 10.8. The highest BCUT2D eigenvalue weighted by atomic mass is 19.1. The van der Waals surface area contributed by atoms with Gasteiger partial charge in [-0.1, -0.05) is 6.92 Å². The van der Waals surface area contributed by atoms with Crippen molar-refractivity contribution in [3.8, 4) is 0 Å². The molecule has 2 rings (SSSR count). The number of carbonyl (C=O) groups is 1. The summed E-state index contributed by atoms with van der Waals surface area (Å²) in [6, 6.07) is 4.54. The predicted octanol–water partition coefficient (Wildman–Crippen LogP) is 3.00. The fourth-order valence-electron chi connectivity index (χ4n) is 1.82. The van der Waals surface area contributed by atoms with Crippen LogP contribution in [0.5, 0.6) is 0 Å². The number of aryl methyl sites for hydroxylation is 1. The first-order valence-corrected chi connectivity index (χ1v) is 5.00. The molecule has 0 N–H and O–H groups in total. The molecule has 0 atom stereocenters. The third kappa shape index (κ3) is 1.65. The summed E-state index contributed by atoms with van der Waals surface area (Å²) >= 11 is 0. The molecule has 78 valence electrons. The Hall–Kier alpha value is -1.64.